The molecule has 1 heterocycles. The molecule has 0 aliphatic heterocycles. The molecule has 0 saturated heterocycles. The molecule has 0 unspecified atom stereocenters. The normalized spacial score (nSPS) is 20.2. The number of nitrogens with zero attached hydrogens (tertiary/aromatic N) is 1. The molecule has 1 aromatic carbocycles. The highest BCUT2D eigenvalue weighted by molar-refractivity contribution is 7.99. The number of H-pyrrole nitrogens is 1. The van der Waals surface area contributed by atoms with E-state index in [9.17, 15) is 9.59 Å². The molecule has 1 saturated carbocycles. The van der Waals surface area contributed by atoms with E-state index < -0.39 is 0 Å². The van der Waals surface area contributed by atoms with Crippen molar-refractivity contribution in [2.75, 3.05) is 13.3 Å². The number of carbonyl (C=O) groups excluding carboxylic acids is 1. The second kappa shape index (κ2) is 7.30. The van der Waals surface area contributed by atoms with Crippen LogP contribution in [-0.2, 0) is 6.54 Å². The molecule has 1 aromatic heterocycles. The summed E-state index contributed by atoms with van der Waals surface area (Å²) in [7, 11) is 1.87. The molecule has 128 valence electrons. The number of hydrogen-bond acceptors (Lipinski definition) is 3. The van der Waals surface area contributed by atoms with Gasteiger partial charge in [-0.25, -0.2) is 4.79 Å². The van der Waals surface area contributed by atoms with Gasteiger partial charge >= 0.3 is 6.03 Å². The van der Waals surface area contributed by atoms with Crippen LogP contribution in [0.2, 0.25) is 0 Å². The molecule has 1 aliphatic carbocycles. The van der Waals surface area contributed by atoms with Crippen molar-refractivity contribution in [1.82, 2.24) is 15.2 Å². The van der Waals surface area contributed by atoms with E-state index in [4.69, 9.17) is 0 Å². The minimum absolute atomic E-state index is 0.0784. The van der Waals surface area contributed by atoms with Gasteiger partial charge in [0, 0.05) is 41.9 Å². The Labute approximate surface area is 145 Å². The maximum atomic E-state index is 12.5. The highest BCUT2D eigenvalue weighted by Gasteiger charge is 2.32. The fourth-order valence-corrected chi connectivity index (χ4v) is 4.53. The summed E-state index contributed by atoms with van der Waals surface area (Å²) in [5.41, 5.74) is 1.48. The van der Waals surface area contributed by atoms with Gasteiger partial charge < -0.3 is 15.2 Å². The number of fused-ring (bicyclic) bond motifs is 1. The SMILES string of the molecule is CS[C@H]1CCC[C@@H]1N(C)C(=O)NCc1cc(=O)[nH]c2ccccc12. The van der Waals surface area contributed by atoms with Gasteiger partial charge in [0.25, 0.3) is 0 Å². The van der Waals surface area contributed by atoms with E-state index in [1.165, 1.54) is 12.8 Å². The number of urea groups is 1. The van der Waals surface area contributed by atoms with Crippen LogP contribution in [0.15, 0.2) is 35.1 Å². The summed E-state index contributed by atoms with van der Waals surface area (Å²) < 4.78 is 0. The average molecular weight is 345 g/mol. The van der Waals surface area contributed by atoms with Gasteiger partial charge in [0.1, 0.15) is 0 Å². The Bertz CT molecular complexity index is 789. The molecule has 0 radical (unpaired) electrons. The second-order valence-corrected chi connectivity index (χ2v) is 7.32. The van der Waals surface area contributed by atoms with E-state index >= 15 is 0 Å². The molecule has 0 spiro atoms. The molecule has 2 amide bonds. The zero-order valence-electron chi connectivity index (χ0n) is 14.0. The van der Waals surface area contributed by atoms with Crippen LogP contribution in [0, 0.1) is 0 Å². The summed E-state index contributed by atoms with van der Waals surface area (Å²) in [6, 6.07) is 9.41. The van der Waals surface area contributed by atoms with E-state index in [0.717, 1.165) is 22.9 Å². The van der Waals surface area contributed by atoms with Crippen molar-refractivity contribution < 1.29 is 4.79 Å². The van der Waals surface area contributed by atoms with Crippen LogP contribution < -0.4 is 10.9 Å². The molecule has 24 heavy (non-hydrogen) atoms. The molecular formula is C18H23N3O2S. The van der Waals surface area contributed by atoms with Crippen molar-refractivity contribution in [2.45, 2.75) is 37.1 Å². The molecule has 5 nitrogen and oxygen atoms in total. The Hall–Kier alpha value is -1.95. The fourth-order valence-electron chi connectivity index (χ4n) is 3.49. The summed E-state index contributed by atoms with van der Waals surface area (Å²) in [4.78, 5) is 28.9. The molecule has 0 bridgehead atoms. The second-order valence-electron chi connectivity index (χ2n) is 6.25. The standard InChI is InChI=1S/C18H23N3O2S/c1-21(15-8-5-9-16(15)24-2)18(23)19-11-12-10-17(22)20-14-7-4-3-6-13(12)14/h3-4,6-7,10,15-16H,5,8-9,11H2,1-2H3,(H,19,23)(H,20,22)/t15-,16-/m0/s1. The van der Waals surface area contributed by atoms with Gasteiger partial charge in [0.2, 0.25) is 5.56 Å². The van der Waals surface area contributed by atoms with Crippen LogP contribution in [0.5, 0.6) is 0 Å². The van der Waals surface area contributed by atoms with Crippen molar-refractivity contribution in [3.8, 4) is 0 Å². The molecule has 1 aliphatic rings. The topological polar surface area (TPSA) is 65.2 Å². The van der Waals surface area contributed by atoms with Crippen LogP contribution >= 0.6 is 11.8 Å². The van der Waals surface area contributed by atoms with Gasteiger partial charge in [0.15, 0.2) is 0 Å². The van der Waals surface area contributed by atoms with Crippen molar-refractivity contribution in [1.29, 1.82) is 0 Å². The number of amides is 2. The largest absolute Gasteiger partial charge is 0.334 e. The maximum absolute atomic E-state index is 12.5. The fraction of sp³-hybridized carbons (Fsp3) is 0.444. The number of aromatic nitrogens is 1. The number of carbonyl (C=O) groups is 1. The lowest BCUT2D eigenvalue weighted by Gasteiger charge is -2.29. The first-order valence-corrected chi connectivity index (χ1v) is 9.53. The highest BCUT2D eigenvalue weighted by atomic mass is 32.2. The summed E-state index contributed by atoms with van der Waals surface area (Å²) in [5.74, 6) is 0. The van der Waals surface area contributed by atoms with Crippen LogP contribution in [0.1, 0.15) is 24.8 Å². The molecule has 2 aromatic rings. The van der Waals surface area contributed by atoms with Gasteiger partial charge in [-0.05, 0) is 30.7 Å². The summed E-state index contributed by atoms with van der Waals surface area (Å²) in [5, 5.41) is 4.44. The highest BCUT2D eigenvalue weighted by Crippen LogP contribution is 2.31. The van der Waals surface area contributed by atoms with E-state index in [1.807, 2.05) is 48.0 Å². The Kier molecular flexibility index (Phi) is 5.14. The molecule has 2 N–H and O–H groups in total. The smallest absolute Gasteiger partial charge is 0.317 e. The summed E-state index contributed by atoms with van der Waals surface area (Å²) in [6.45, 7) is 0.351. The molecular weight excluding hydrogens is 322 g/mol. The van der Waals surface area contributed by atoms with Crippen LogP contribution in [0.4, 0.5) is 4.79 Å². The lowest BCUT2D eigenvalue weighted by Crippen LogP contribution is -2.45. The number of nitrogens with one attached hydrogen (secondary N) is 2. The zero-order valence-corrected chi connectivity index (χ0v) is 14.9. The van der Waals surface area contributed by atoms with Crippen molar-refractivity contribution in [3.63, 3.8) is 0 Å². The Morgan fingerprint density at radius 1 is 1.38 bits per heavy atom. The maximum Gasteiger partial charge on any atom is 0.317 e. The van der Waals surface area contributed by atoms with Gasteiger partial charge in [-0.3, -0.25) is 4.79 Å². The van der Waals surface area contributed by atoms with Crippen LogP contribution in [0.25, 0.3) is 10.9 Å². The van der Waals surface area contributed by atoms with E-state index in [2.05, 4.69) is 16.6 Å². The predicted octanol–water partition coefficient (Wildman–Crippen LogP) is 2.95. The lowest BCUT2D eigenvalue weighted by atomic mass is 10.1. The number of thioether (sulfide) groups is 1. The van der Waals surface area contributed by atoms with Crippen molar-refractivity contribution in [3.05, 3.63) is 46.2 Å². The average Bonchev–Trinajstić information content (AvgIpc) is 3.07. The Morgan fingerprint density at radius 3 is 2.96 bits per heavy atom. The number of hydrogen-bond donors (Lipinski definition) is 2. The number of para-hydroxylation sites is 1. The zero-order chi connectivity index (χ0) is 17.1. The third-order valence-corrected chi connectivity index (χ3v) is 5.96. The van der Waals surface area contributed by atoms with Gasteiger partial charge in [-0.1, -0.05) is 24.6 Å². The molecule has 3 rings (SSSR count). The van der Waals surface area contributed by atoms with Gasteiger partial charge in [0.05, 0.1) is 0 Å². The van der Waals surface area contributed by atoms with Crippen LogP contribution in [0.3, 0.4) is 0 Å². The third-order valence-electron chi connectivity index (χ3n) is 4.80. The first-order chi connectivity index (χ1) is 11.6. The minimum Gasteiger partial charge on any atom is -0.334 e. The van der Waals surface area contributed by atoms with E-state index in [0.29, 0.717) is 11.8 Å². The predicted molar refractivity (Wildman–Crippen MR) is 99.5 cm³/mol. The van der Waals surface area contributed by atoms with E-state index in [1.54, 1.807) is 6.07 Å². The number of aromatic amines is 1. The van der Waals surface area contributed by atoms with E-state index in [-0.39, 0.29) is 17.6 Å². The quantitative estimate of drug-likeness (QED) is 0.895. The summed E-state index contributed by atoms with van der Waals surface area (Å²) >= 11 is 1.84. The first kappa shape index (κ1) is 16.9. The first-order valence-electron chi connectivity index (χ1n) is 8.24. The number of rotatable bonds is 4. The lowest BCUT2D eigenvalue weighted by molar-refractivity contribution is 0.191. The molecule has 1 fully saturated rings. The minimum atomic E-state index is -0.149. The molecule has 2 atom stereocenters. The number of benzene rings is 1. The third kappa shape index (κ3) is 3.43. The monoisotopic (exact) mass is 345 g/mol. The summed E-state index contributed by atoms with van der Waals surface area (Å²) in [6.07, 6.45) is 5.51. The number of pyridine rings is 1. The Balaban J connectivity index is 1.71. The van der Waals surface area contributed by atoms with Gasteiger partial charge in [-0.15, -0.1) is 0 Å². The van der Waals surface area contributed by atoms with Gasteiger partial charge in [-0.2, -0.15) is 11.8 Å². The molecule has 6 heteroatoms. The van der Waals surface area contributed by atoms with Crippen LogP contribution in [-0.4, -0.2) is 40.5 Å². The van der Waals surface area contributed by atoms with Crippen molar-refractivity contribution in [2.24, 2.45) is 0 Å². The van der Waals surface area contributed by atoms with Crippen molar-refractivity contribution >= 4 is 28.7 Å². The Morgan fingerprint density at radius 2 is 2.17 bits per heavy atom.